The zero-order valence-corrected chi connectivity index (χ0v) is 10.2. The molecule has 19 heavy (non-hydrogen) atoms. The van der Waals surface area contributed by atoms with Gasteiger partial charge < -0.3 is 14.2 Å². The summed E-state index contributed by atoms with van der Waals surface area (Å²) in [5.74, 6) is -1.12. The van der Waals surface area contributed by atoms with E-state index >= 15 is 0 Å². The van der Waals surface area contributed by atoms with Gasteiger partial charge in [-0.25, -0.2) is 4.79 Å². The van der Waals surface area contributed by atoms with Crippen LogP contribution in [0, 0.1) is 0 Å². The Labute approximate surface area is 107 Å². The second-order valence-corrected chi connectivity index (χ2v) is 3.31. The molecule has 1 aromatic carbocycles. The average Bonchev–Trinajstić information content (AvgIpc) is 2.35. The Balaban J connectivity index is 2.96. The molecule has 0 amide bonds. The highest BCUT2D eigenvalue weighted by Crippen LogP contribution is 2.33. The van der Waals surface area contributed by atoms with E-state index in [1.807, 2.05) is 0 Å². The quantitative estimate of drug-likeness (QED) is 0.626. The molecule has 0 aliphatic rings. The van der Waals surface area contributed by atoms with Gasteiger partial charge in [0, 0.05) is 6.08 Å². The van der Waals surface area contributed by atoms with Gasteiger partial charge in [-0.05, 0) is 23.8 Å². The third kappa shape index (κ3) is 4.90. The van der Waals surface area contributed by atoms with Crippen molar-refractivity contribution in [2.75, 3.05) is 14.2 Å². The molecular formula is C12H11F3O4. The minimum Gasteiger partial charge on any atom is -0.493 e. The largest absolute Gasteiger partial charge is 0.573 e. The van der Waals surface area contributed by atoms with Crippen LogP contribution in [0.4, 0.5) is 13.2 Å². The lowest BCUT2D eigenvalue weighted by molar-refractivity contribution is -0.275. The molecule has 0 N–H and O–H groups in total. The Hall–Kier alpha value is -2.18. The fourth-order valence-electron chi connectivity index (χ4n) is 1.23. The first kappa shape index (κ1) is 14.9. The number of esters is 1. The number of benzene rings is 1. The van der Waals surface area contributed by atoms with Crippen LogP contribution in [0.5, 0.6) is 11.5 Å². The van der Waals surface area contributed by atoms with E-state index in [2.05, 4.69) is 9.47 Å². The number of methoxy groups -OCH3 is 2. The molecular weight excluding hydrogens is 265 g/mol. The first-order valence-corrected chi connectivity index (χ1v) is 5.05. The molecule has 4 nitrogen and oxygen atoms in total. The molecule has 0 saturated heterocycles. The topological polar surface area (TPSA) is 44.8 Å². The van der Waals surface area contributed by atoms with E-state index in [0.717, 1.165) is 12.1 Å². The zero-order valence-electron chi connectivity index (χ0n) is 10.2. The summed E-state index contributed by atoms with van der Waals surface area (Å²) in [7, 11) is 2.43. The lowest BCUT2D eigenvalue weighted by atomic mass is 10.2. The van der Waals surface area contributed by atoms with Gasteiger partial charge >= 0.3 is 12.3 Å². The molecule has 0 saturated carbocycles. The number of carbonyl (C=O) groups is 1. The lowest BCUT2D eigenvalue weighted by Gasteiger charge is -2.12. The van der Waals surface area contributed by atoms with Gasteiger partial charge in [0.1, 0.15) is 0 Å². The summed E-state index contributed by atoms with van der Waals surface area (Å²) in [6.45, 7) is 0. The Morgan fingerprint density at radius 2 is 1.89 bits per heavy atom. The Kier molecular flexibility index (Phi) is 4.80. The normalized spacial score (nSPS) is 11.4. The average molecular weight is 276 g/mol. The molecule has 1 rings (SSSR count). The van der Waals surface area contributed by atoms with Crippen molar-refractivity contribution in [3.63, 3.8) is 0 Å². The maximum absolute atomic E-state index is 12.1. The van der Waals surface area contributed by atoms with Gasteiger partial charge in [-0.3, -0.25) is 0 Å². The van der Waals surface area contributed by atoms with Gasteiger partial charge in [-0.2, -0.15) is 0 Å². The molecule has 0 atom stereocenters. The summed E-state index contributed by atoms with van der Waals surface area (Å²) in [4.78, 5) is 10.9. The maximum atomic E-state index is 12.1. The van der Waals surface area contributed by atoms with E-state index in [9.17, 15) is 18.0 Å². The predicted molar refractivity (Wildman–Crippen MR) is 60.7 cm³/mol. The maximum Gasteiger partial charge on any atom is 0.573 e. The van der Waals surface area contributed by atoms with Crippen molar-refractivity contribution >= 4 is 12.0 Å². The van der Waals surface area contributed by atoms with E-state index in [1.165, 1.54) is 32.4 Å². The number of halogens is 3. The highest BCUT2D eigenvalue weighted by molar-refractivity contribution is 5.87. The third-order valence-electron chi connectivity index (χ3n) is 2.03. The van der Waals surface area contributed by atoms with Crippen LogP contribution in [0.3, 0.4) is 0 Å². The predicted octanol–water partition coefficient (Wildman–Crippen LogP) is 2.78. The highest BCUT2D eigenvalue weighted by Gasteiger charge is 2.32. The first-order chi connectivity index (χ1) is 8.85. The minimum atomic E-state index is -4.79. The van der Waals surface area contributed by atoms with Crippen LogP contribution < -0.4 is 9.47 Å². The summed E-state index contributed by atoms with van der Waals surface area (Å²) in [5, 5.41) is 0. The van der Waals surface area contributed by atoms with Gasteiger partial charge in [0.05, 0.1) is 14.2 Å². The summed E-state index contributed by atoms with van der Waals surface area (Å²) in [5.41, 5.74) is 0.469. The van der Waals surface area contributed by atoms with Crippen LogP contribution >= 0.6 is 0 Å². The lowest BCUT2D eigenvalue weighted by Crippen LogP contribution is -2.17. The molecule has 0 heterocycles. The molecule has 7 heteroatoms. The number of rotatable bonds is 4. The zero-order chi connectivity index (χ0) is 14.5. The van der Waals surface area contributed by atoms with Crippen molar-refractivity contribution in [1.82, 2.24) is 0 Å². The summed E-state index contributed by atoms with van der Waals surface area (Å²) in [6.07, 6.45) is -2.28. The Morgan fingerprint density at radius 1 is 1.21 bits per heavy atom. The van der Waals surface area contributed by atoms with Crippen molar-refractivity contribution in [2.45, 2.75) is 6.36 Å². The number of carbonyl (C=O) groups excluding carboxylic acids is 1. The van der Waals surface area contributed by atoms with Crippen molar-refractivity contribution in [1.29, 1.82) is 0 Å². The van der Waals surface area contributed by atoms with Crippen molar-refractivity contribution < 1.29 is 32.2 Å². The van der Waals surface area contributed by atoms with Gasteiger partial charge in [0.25, 0.3) is 0 Å². The van der Waals surface area contributed by atoms with Crippen LogP contribution in [0.25, 0.3) is 6.08 Å². The highest BCUT2D eigenvalue weighted by atomic mass is 19.4. The molecule has 0 radical (unpaired) electrons. The molecule has 1 aromatic rings. The minimum absolute atomic E-state index is 0.0932. The Morgan fingerprint density at radius 3 is 2.42 bits per heavy atom. The molecule has 0 bridgehead atoms. The van der Waals surface area contributed by atoms with Gasteiger partial charge in [0.15, 0.2) is 11.5 Å². The number of hydrogen-bond acceptors (Lipinski definition) is 4. The molecule has 0 aliphatic heterocycles. The number of hydrogen-bond donors (Lipinski definition) is 0. The summed E-state index contributed by atoms with van der Waals surface area (Å²) < 4.78 is 49.3. The SMILES string of the molecule is COC(=O)/C=C/c1ccc(OC(F)(F)F)c(OC)c1. The smallest absolute Gasteiger partial charge is 0.493 e. The monoisotopic (exact) mass is 276 g/mol. The van der Waals surface area contributed by atoms with Gasteiger partial charge in [-0.1, -0.05) is 6.07 Å². The molecule has 0 aliphatic carbocycles. The Bertz CT molecular complexity index is 480. The van der Waals surface area contributed by atoms with Crippen LogP contribution in [0.1, 0.15) is 5.56 Å². The van der Waals surface area contributed by atoms with E-state index in [4.69, 9.17) is 4.74 Å². The van der Waals surface area contributed by atoms with E-state index in [-0.39, 0.29) is 5.75 Å². The second kappa shape index (κ2) is 6.12. The van der Waals surface area contributed by atoms with Gasteiger partial charge in [0.2, 0.25) is 0 Å². The standard InChI is InChI=1S/C12H11F3O4/c1-17-10-7-8(4-6-11(16)18-2)3-5-9(10)19-12(13,14)15/h3-7H,1-2H3/b6-4+. The fraction of sp³-hybridized carbons (Fsp3) is 0.250. The molecule has 0 fully saturated rings. The van der Waals surface area contributed by atoms with Crippen LogP contribution in [-0.4, -0.2) is 26.6 Å². The number of ether oxygens (including phenoxy) is 3. The third-order valence-corrected chi connectivity index (χ3v) is 2.03. The molecule has 104 valence electrons. The van der Waals surface area contributed by atoms with E-state index < -0.39 is 18.1 Å². The number of alkyl halides is 3. The van der Waals surface area contributed by atoms with E-state index in [1.54, 1.807) is 0 Å². The molecule has 0 unspecified atom stereocenters. The van der Waals surface area contributed by atoms with Crippen LogP contribution in [0.15, 0.2) is 24.3 Å². The van der Waals surface area contributed by atoms with Crippen molar-refractivity contribution in [3.05, 3.63) is 29.8 Å². The van der Waals surface area contributed by atoms with Crippen LogP contribution in [0.2, 0.25) is 0 Å². The molecule has 0 aromatic heterocycles. The van der Waals surface area contributed by atoms with E-state index in [0.29, 0.717) is 5.56 Å². The summed E-state index contributed by atoms with van der Waals surface area (Å²) in [6, 6.07) is 3.76. The van der Waals surface area contributed by atoms with Crippen molar-refractivity contribution in [2.24, 2.45) is 0 Å². The summed E-state index contributed by atoms with van der Waals surface area (Å²) >= 11 is 0. The van der Waals surface area contributed by atoms with Crippen molar-refractivity contribution in [3.8, 4) is 11.5 Å². The van der Waals surface area contributed by atoms with Gasteiger partial charge in [-0.15, -0.1) is 13.2 Å². The second-order valence-electron chi connectivity index (χ2n) is 3.31. The fourth-order valence-corrected chi connectivity index (χ4v) is 1.23. The first-order valence-electron chi connectivity index (χ1n) is 5.05. The van der Waals surface area contributed by atoms with Crippen LogP contribution in [-0.2, 0) is 9.53 Å². The molecule has 0 spiro atoms.